The number of benzene rings is 2. The van der Waals surface area contributed by atoms with Crippen LogP contribution in [0.25, 0.3) is 23.1 Å². The third-order valence-corrected chi connectivity index (χ3v) is 3.05. The Morgan fingerprint density at radius 3 is 2.48 bits per heavy atom. The van der Waals surface area contributed by atoms with Crippen LogP contribution >= 0.6 is 0 Å². The summed E-state index contributed by atoms with van der Waals surface area (Å²) < 4.78 is 5.52. The van der Waals surface area contributed by atoms with E-state index >= 15 is 0 Å². The van der Waals surface area contributed by atoms with Crippen molar-refractivity contribution in [3.63, 3.8) is 0 Å². The second-order valence-electron chi connectivity index (χ2n) is 4.60. The zero-order valence-electron chi connectivity index (χ0n) is 11.0. The van der Waals surface area contributed by atoms with E-state index in [2.05, 4.69) is 0 Å². The van der Waals surface area contributed by atoms with Gasteiger partial charge in [0.2, 0.25) is 0 Å². The van der Waals surface area contributed by atoms with Crippen molar-refractivity contribution in [1.82, 2.24) is 0 Å². The minimum absolute atomic E-state index is 0.0599. The van der Waals surface area contributed by atoms with Crippen LogP contribution < -0.4 is 5.43 Å². The lowest BCUT2D eigenvalue weighted by Gasteiger charge is -2.02. The highest BCUT2D eigenvalue weighted by molar-refractivity contribution is 5.85. The number of aromatic hydroxyl groups is 2. The molecule has 21 heavy (non-hydrogen) atoms. The smallest absolute Gasteiger partial charge is 0.197 e. The molecule has 0 aliphatic heterocycles. The predicted molar refractivity (Wildman–Crippen MR) is 81.2 cm³/mol. The van der Waals surface area contributed by atoms with E-state index in [0.29, 0.717) is 5.76 Å². The van der Waals surface area contributed by atoms with E-state index in [4.69, 9.17) is 4.42 Å². The first kappa shape index (κ1) is 13.0. The van der Waals surface area contributed by atoms with Crippen LogP contribution in [0.3, 0.4) is 0 Å². The van der Waals surface area contributed by atoms with E-state index in [9.17, 15) is 15.0 Å². The Kier molecular flexibility index (Phi) is 3.20. The minimum atomic E-state index is -0.360. The van der Waals surface area contributed by atoms with Gasteiger partial charge in [0.15, 0.2) is 5.43 Å². The molecular formula is C17H12O4. The Hall–Kier alpha value is -3.01. The molecule has 4 heteroatoms. The number of phenols is 2. The van der Waals surface area contributed by atoms with Crippen LogP contribution in [0.2, 0.25) is 0 Å². The van der Waals surface area contributed by atoms with Crippen molar-refractivity contribution in [3.8, 4) is 11.5 Å². The highest BCUT2D eigenvalue weighted by Gasteiger charge is 2.09. The van der Waals surface area contributed by atoms with Gasteiger partial charge in [0.25, 0.3) is 0 Å². The van der Waals surface area contributed by atoms with Crippen LogP contribution in [0.15, 0.2) is 57.7 Å². The second-order valence-corrected chi connectivity index (χ2v) is 4.60. The zero-order chi connectivity index (χ0) is 14.8. The van der Waals surface area contributed by atoms with E-state index in [1.54, 1.807) is 6.08 Å². The van der Waals surface area contributed by atoms with Crippen molar-refractivity contribution in [3.05, 3.63) is 70.1 Å². The third-order valence-electron chi connectivity index (χ3n) is 3.05. The first-order valence-electron chi connectivity index (χ1n) is 6.36. The van der Waals surface area contributed by atoms with Gasteiger partial charge in [0.1, 0.15) is 28.2 Å². The van der Waals surface area contributed by atoms with Crippen molar-refractivity contribution in [2.24, 2.45) is 0 Å². The molecule has 2 N–H and O–H groups in total. The van der Waals surface area contributed by atoms with Gasteiger partial charge in [-0.15, -0.1) is 0 Å². The molecule has 0 atom stereocenters. The summed E-state index contributed by atoms with van der Waals surface area (Å²) in [5, 5.41) is 19.2. The van der Waals surface area contributed by atoms with Crippen LogP contribution in [-0.2, 0) is 0 Å². The fraction of sp³-hybridized carbons (Fsp3) is 0. The van der Waals surface area contributed by atoms with Gasteiger partial charge in [-0.1, -0.05) is 36.4 Å². The molecule has 0 aliphatic carbocycles. The highest BCUT2D eigenvalue weighted by atomic mass is 16.3. The molecule has 0 aliphatic rings. The van der Waals surface area contributed by atoms with Crippen LogP contribution in [0.1, 0.15) is 11.3 Å². The lowest BCUT2D eigenvalue weighted by molar-refractivity contribution is 0.452. The molecule has 3 rings (SSSR count). The number of phenolic OH excluding ortho intramolecular Hbond substituents is 2. The maximum absolute atomic E-state index is 12.0. The van der Waals surface area contributed by atoms with Gasteiger partial charge in [0, 0.05) is 18.2 Å². The topological polar surface area (TPSA) is 70.7 Å². The molecule has 4 nitrogen and oxygen atoms in total. The van der Waals surface area contributed by atoms with E-state index in [0.717, 1.165) is 11.6 Å². The molecule has 0 bridgehead atoms. The van der Waals surface area contributed by atoms with Crippen molar-refractivity contribution in [1.29, 1.82) is 0 Å². The van der Waals surface area contributed by atoms with Crippen molar-refractivity contribution < 1.29 is 14.6 Å². The summed E-state index contributed by atoms with van der Waals surface area (Å²) in [5.41, 5.74) is 0.758. The van der Waals surface area contributed by atoms with Crippen molar-refractivity contribution in [2.45, 2.75) is 0 Å². The molecule has 0 amide bonds. The molecule has 1 heterocycles. The van der Waals surface area contributed by atoms with Gasteiger partial charge in [-0.2, -0.15) is 0 Å². The molecule has 0 unspecified atom stereocenters. The highest BCUT2D eigenvalue weighted by Crippen LogP contribution is 2.28. The Morgan fingerprint density at radius 2 is 1.71 bits per heavy atom. The molecule has 0 saturated carbocycles. The van der Waals surface area contributed by atoms with Crippen molar-refractivity contribution >= 4 is 23.1 Å². The molecule has 104 valence electrons. The minimum Gasteiger partial charge on any atom is -0.508 e. The number of hydrogen-bond donors (Lipinski definition) is 2. The quantitative estimate of drug-likeness (QED) is 0.755. The number of fused-ring (bicyclic) bond motifs is 1. The summed E-state index contributed by atoms with van der Waals surface area (Å²) in [5.74, 6) is -0.106. The van der Waals surface area contributed by atoms with Gasteiger partial charge in [0.05, 0.1) is 0 Å². The monoisotopic (exact) mass is 280 g/mol. The van der Waals surface area contributed by atoms with Gasteiger partial charge in [-0.05, 0) is 11.6 Å². The molecule has 2 aromatic carbocycles. The molecule has 1 aromatic heterocycles. The molecular weight excluding hydrogens is 268 g/mol. The largest absolute Gasteiger partial charge is 0.508 e. The normalized spacial score (nSPS) is 11.2. The average molecular weight is 280 g/mol. The maximum atomic E-state index is 12.0. The van der Waals surface area contributed by atoms with Crippen LogP contribution in [0.4, 0.5) is 0 Å². The van der Waals surface area contributed by atoms with E-state index in [1.807, 2.05) is 36.4 Å². The van der Waals surface area contributed by atoms with Gasteiger partial charge < -0.3 is 14.6 Å². The van der Waals surface area contributed by atoms with E-state index in [1.165, 1.54) is 12.1 Å². The molecule has 3 aromatic rings. The fourth-order valence-corrected chi connectivity index (χ4v) is 2.10. The second kappa shape index (κ2) is 5.17. The standard InChI is InChI=1S/C17H12O4/c18-12-8-14(19)17-15(20)10-13(21-16(17)9-12)7-6-11-4-2-1-3-5-11/h1-10,18-19H. The fourth-order valence-electron chi connectivity index (χ4n) is 2.10. The maximum Gasteiger partial charge on any atom is 0.197 e. The summed E-state index contributed by atoms with van der Waals surface area (Å²) in [7, 11) is 0. The number of rotatable bonds is 2. The van der Waals surface area contributed by atoms with E-state index < -0.39 is 0 Å². The summed E-state index contributed by atoms with van der Waals surface area (Å²) in [4.78, 5) is 12.0. The predicted octanol–water partition coefficient (Wildman–Crippen LogP) is 3.37. The molecule has 0 saturated heterocycles. The van der Waals surface area contributed by atoms with Gasteiger partial charge in [-0.3, -0.25) is 4.79 Å². The summed E-state index contributed by atoms with van der Waals surface area (Å²) in [6.45, 7) is 0. The first-order valence-corrected chi connectivity index (χ1v) is 6.36. The third kappa shape index (κ3) is 2.65. The Labute approximate surface area is 120 Å². The Balaban J connectivity index is 2.09. The molecule has 0 radical (unpaired) electrons. The van der Waals surface area contributed by atoms with Crippen LogP contribution in [0.5, 0.6) is 11.5 Å². The Morgan fingerprint density at radius 1 is 0.952 bits per heavy atom. The van der Waals surface area contributed by atoms with Crippen LogP contribution in [0, 0.1) is 0 Å². The van der Waals surface area contributed by atoms with E-state index in [-0.39, 0.29) is 27.9 Å². The van der Waals surface area contributed by atoms with Gasteiger partial charge in [-0.25, -0.2) is 0 Å². The first-order chi connectivity index (χ1) is 10.1. The summed E-state index contributed by atoms with van der Waals surface area (Å²) in [6, 6.07) is 13.3. The Bertz CT molecular complexity index is 876. The SMILES string of the molecule is O=c1cc(C=Cc2ccccc2)oc2cc(O)cc(O)c12. The zero-order valence-corrected chi connectivity index (χ0v) is 11.0. The van der Waals surface area contributed by atoms with Crippen molar-refractivity contribution in [2.75, 3.05) is 0 Å². The summed E-state index contributed by atoms with van der Waals surface area (Å²) >= 11 is 0. The lowest BCUT2D eigenvalue weighted by atomic mass is 10.1. The van der Waals surface area contributed by atoms with Gasteiger partial charge >= 0.3 is 0 Å². The number of hydrogen-bond acceptors (Lipinski definition) is 4. The average Bonchev–Trinajstić information content (AvgIpc) is 2.45. The van der Waals surface area contributed by atoms with Crippen LogP contribution in [-0.4, -0.2) is 10.2 Å². The summed E-state index contributed by atoms with van der Waals surface area (Å²) in [6.07, 6.45) is 3.48. The lowest BCUT2D eigenvalue weighted by Crippen LogP contribution is -2.00. The molecule has 0 spiro atoms. The molecule has 0 fully saturated rings.